The average molecular weight is 335 g/mol. The Balaban J connectivity index is 0.00000162. The van der Waals surface area contributed by atoms with E-state index in [-0.39, 0.29) is 12.4 Å². The second-order valence-corrected chi connectivity index (χ2v) is 5.88. The maximum atomic E-state index is 5.99. The molecule has 2 unspecified atom stereocenters. The zero-order valence-electron chi connectivity index (χ0n) is 10.7. The van der Waals surface area contributed by atoms with Crippen LogP contribution in [0, 0.1) is 5.92 Å². The first-order valence-corrected chi connectivity index (χ1v) is 7.03. The standard InChI is InChI=1S/C13H20BrN3.ClH/c1-10(15)11-3-2-6-17(8-11)9-13-5-4-12(14)7-16-13;/h4-5,7,10-11H,2-3,6,8-9,15H2,1H3;1H. The number of likely N-dealkylation sites (tertiary alicyclic amines) is 1. The predicted octanol–water partition coefficient (Wildman–Crippen LogP) is 2.83. The van der Waals surface area contributed by atoms with Crippen LogP contribution >= 0.6 is 28.3 Å². The van der Waals surface area contributed by atoms with Gasteiger partial charge in [0.05, 0.1) is 5.69 Å². The van der Waals surface area contributed by atoms with Crippen LogP contribution in [0.15, 0.2) is 22.8 Å². The van der Waals surface area contributed by atoms with Crippen molar-refractivity contribution in [2.45, 2.75) is 32.4 Å². The molecule has 0 spiro atoms. The minimum Gasteiger partial charge on any atom is -0.328 e. The number of piperidine rings is 1. The zero-order chi connectivity index (χ0) is 12.3. The smallest absolute Gasteiger partial charge is 0.0544 e. The van der Waals surface area contributed by atoms with E-state index in [0.717, 1.165) is 23.3 Å². The Labute approximate surface area is 124 Å². The Hall–Kier alpha value is -0.160. The van der Waals surface area contributed by atoms with Crippen molar-refractivity contribution in [1.29, 1.82) is 0 Å². The topological polar surface area (TPSA) is 42.1 Å². The van der Waals surface area contributed by atoms with Crippen molar-refractivity contribution in [3.05, 3.63) is 28.5 Å². The van der Waals surface area contributed by atoms with Crippen LogP contribution in [-0.2, 0) is 6.54 Å². The highest BCUT2D eigenvalue weighted by atomic mass is 79.9. The lowest BCUT2D eigenvalue weighted by molar-refractivity contribution is 0.153. The molecule has 2 heterocycles. The van der Waals surface area contributed by atoms with Crippen molar-refractivity contribution in [3.8, 4) is 0 Å². The van der Waals surface area contributed by atoms with E-state index in [2.05, 4.69) is 44.9 Å². The lowest BCUT2D eigenvalue weighted by Crippen LogP contribution is -2.42. The molecule has 3 nitrogen and oxygen atoms in total. The molecule has 102 valence electrons. The van der Waals surface area contributed by atoms with Gasteiger partial charge in [0.1, 0.15) is 0 Å². The van der Waals surface area contributed by atoms with Gasteiger partial charge in [0.25, 0.3) is 0 Å². The number of pyridine rings is 1. The first-order valence-electron chi connectivity index (χ1n) is 6.23. The Morgan fingerprint density at radius 2 is 2.33 bits per heavy atom. The van der Waals surface area contributed by atoms with Crippen molar-refractivity contribution >= 4 is 28.3 Å². The summed E-state index contributed by atoms with van der Waals surface area (Å²) >= 11 is 3.41. The van der Waals surface area contributed by atoms with Gasteiger partial charge >= 0.3 is 0 Å². The molecule has 18 heavy (non-hydrogen) atoms. The third-order valence-electron chi connectivity index (χ3n) is 3.46. The molecule has 1 aromatic heterocycles. The van der Waals surface area contributed by atoms with Crippen LogP contribution < -0.4 is 5.73 Å². The molecule has 0 saturated carbocycles. The lowest BCUT2D eigenvalue weighted by Gasteiger charge is -2.34. The minimum absolute atomic E-state index is 0. The third kappa shape index (κ3) is 4.50. The van der Waals surface area contributed by atoms with E-state index in [1.54, 1.807) is 0 Å². The second kappa shape index (κ2) is 7.43. The van der Waals surface area contributed by atoms with Gasteiger partial charge in [0, 0.05) is 29.8 Å². The molecule has 1 fully saturated rings. The molecule has 0 amide bonds. The van der Waals surface area contributed by atoms with Crippen molar-refractivity contribution in [1.82, 2.24) is 9.88 Å². The Morgan fingerprint density at radius 3 is 2.94 bits per heavy atom. The van der Waals surface area contributed by atoms with Gasteiger partial charge in [0.2, 0.25) is 0 Å². The number of hydrogen-bond acceptors (Lipinski definition) is 3. The molecule has 2 atom stereocenters. The fourth-order valence-electron chi connectivity index (χ4n) is 2.39. The molecule has 0 aromatic carbocycles. The van der Waals surface area contributed by atoms with Gasteiger partial charge in [-0.25, -0.2) is 0 Å². The molecule has 0 radical (unpaired) electrons. The largest absolute Gasteiger partial charge is 0.328 e. The summed E-state index contributed by atoms with van der Waals surface area (Å²) in [4.78, 5) is 6.89. The molecule has 1 aliphatic rings. The molecule has 2 rings (SSSR count). The highest BCUT2D eigenvalue weighted by Crippen LogP contribution is 2.20. The molecule has 5 heteroatoms. The molecule has 0 bridgehead atoms. The van der Waals surface area contributed by atoms with Crippen LogP contribution in [0.4, 0.5) is 0 Å². The summed E-state index contributed by atoms with van der Waals surface area (Å²) in [7, 11) is 0. The third-order valence-corrected chi connectivity index (χ3v) is 3.93. The van der Waals surface area contributed by atoms with Gasteiger partial charge in [0.15, 0.2) is 0 Å². The number of rotatable bonds is 3. The summed E-state index contributed by atoms with van der Waals surface area (Å²) in [5, 5.41) is 0. The molecular formula is C13H21BrClN3. The Morgan fingerprint density at radius 1 is 1.56 bits per heavy atom. The minimum atomic E-state index is 0. The summed E-state index contributed by atoms with van der Waals surface area (Å²) in [6, 6.07) is 4.44. The lowest BCUT2D eigenvalue weighted by atomic mass is 9.92. The summed E-state index contributed by atoms with van der Waals surface area (Å²) < 4.78 is 1.04. The quantitative estimate of drug-likeness (QED) is 0.924. The Bertz CT molecular complexity index is 356. The van der Waals surface area contributed by atoms with Gasteiger partial charge in [-0.15, -0.1) is 12.4 Å². The van der Waals surface area contributed by atoms with Gasteiger partial charge in [-0.3, -0.25) is 9.88 Å². The van der Waals surface area contributed by atoms with Crippen LogP contribution in [0.25, 0.3) is 0 Å². The maximum Gasteiger partial charge on any atom is 0.0544 e. The second-order valence-electron chi connectivity index (χ2n) is 4.96. The van der Waals surface area contributed by atoms with Crippen LogP contribution in [-0.4, -0.2) is 29.0 Å². The van der Waals surface area contributed by atoms with Crippen LogP contribution in [0.2, 0.25) is 0 Å². The highest BCUT2D eigenvalue weighted by Gasteiger charge is 2.22. The first kappa shape index (κ1) is 15.9. The fourth-order valence-corrected chi connectivity index (χ4v) is 2.63. The first-order chi connectivity index (χ1) is 8.15. The van der Waals surface area contributed by atoms with E-state index in [1.807, 2.05) is 6.20 Å². The van der Waals surface area contributed by atoms with Crippen LogP contribution in [0.1, 0.15) is 25.5 Å². The van der Waals surface area contributed by atoms with Crippen LogP contribution in [0.3, 0.4) is 0 Å². The summed E-state index contributed by atoms with van der Waals surface area (Å²) in [5.74, 6) is 0.638. The van der Waals surface area contributed by atoms with E-state index in [9.17, 15) is 0 Å². The summed E-state index contributed by atoms with van der Waals surface area (Å²) in [6.45, 7) is 5.33. The van der Waals surface area contributed by atoms with Crippen molar-refractivity contribution in [2.75, 3.05) is 13.1 Å². The number of halogens is 2. The van der Waals surface area contributed by atoms with E-state index in [1.165, 1.54) is 19.4 Å². The maximum absolute atomic E-state index is 5.99. The van der Waals surface area contributed by atoms with Gasteiger partial charge in [-0.05, 0) is 60.3 Å². The van der Waals surface area contributed by atoms with E-state index < -0.39 is 0 Å². The number of aromatic nitrogens is 1. The van der Waals surface area contributed by atoms with Crippen LogP contribution in [0.5, 0.6) is 0 Å². The average Bonchev–Trinajstić information content (AvgIpc) is 2.32. The van der Waals surface area contributed by atoms with E-state index in [4.69, 9.17) is 5.73 Å². The molecule has 1 saturated heterocycles. The van der Waals surface area contributed by atoms with Gasteiger partial charge in [-0.1, -0.05) is 0 Å². The van der Waals surface area contributed by atoms with Gasteiger partial charge in [-0.2, -0.15) is 0 Å². The van der Waals surface area contributed by atoms with Crippen molar-refractivity contribution in [3.63, 3.8) is 0 Å². The SMILES string of the molecule is CC(N)C1CCCN(Cc2ccc(Br)cn2)C1.Cl. The number of hydrogen-bond donors (Lipinski definition) is 1. The monoisotopic (exact) mass is 333 g/mol. The Kier molecular flexibility index (Phi) is 6.57. The van der Waals surface area contributed by atoms with E-state index >= 15 is 0 Å². The normalized spacial score (nSPS) is 22.3. The number of nitrogens with zero attached hydrogens (tertiary/aromatic N) is 2. The summed E-state index contributed by atoms with van der Waals surface area (Å²) in [5.41, 5.74) is 7.13. The molecule has 1 aromatic rings. The molecule has 1 aliphatic heterocycles. The molecule has 2 N–H and O–H groups in total. The van der Waals surface area contributed by atoms with E-state index in [0.29, 0.717) is 12.0 Å². The fraction of sp³-hybridized carbons (Fsp3) is 0.615. The van der Waals surface area contributed by atoms with Gasteiger partial charge < -0.3 is 5.73 Å². The molecule has 0 aliphatic carbocycles. The summed E-state index contributed by atoms with van der Waals surface area (Å²) in [6.07, 6.45) is 4.38. The predicted molar refractivity (Wildman–Crippen MR) is 80.8 cm³/mol. The number of nitrogens with two attached hydrogens (primary N) is 1. The highest BCUT2D eigenvalue weighted by molar-refractivity contribution is 9.10. The van der Waals surface area contributed by atoms with Crippen molar-refractivity contribution in [2.24, 2.45) is 11.7 Å². The molecular weight excluding hydrogens is 314 g/mol. The van der Waals surface area contributed by atoms with Crippen molar-refractivity contribution < 1.29 is 0 Å². The zero-order valence-corrected chi connectivity index (χ0v) is 13.1.